The fourth-order valence-electron chi connectivity index (χ4n) is 1.49. The van der Waals surface area contributed by atoms with Crippen LogP contribution in [0.25, 0.3) is 11.3 Å². The Bertz CT molecular complexity index is 566. The van der Waals surface area contributed by atoms with Gasteiger partial charge < -0.3 is 10.3 Å². The van der Waals surface area contributed by atoms with E-state index in [1.165, 1.54) is 12.1 Å². The van der Waals surface area contributed by atoms with Crippen LogP contribution in [0, 0.1) is 5.21 Å². The van der Waals surface area contributed by atoms with E-state index in [1.807, 2.05) is 0 Å². The summed E-state index contributed by atoms with van der Waals surface area (Å²) in [6.07, 6.45) is 0. The van der Waals surface area contributed by atoms with Crippen molar-refractivity contribution in [1.29, 1.82) is 0 Å². The molecule has 0 spiro atoms. The third kappa shape index (κ3) is 2.21. The molecule has 0 aliphatic carbocycles. The maximum atomic E-state index is 11.8. The van der Waals surface area contributed by atoms with Gasteiger partial charge in [-0.05, 0) is 30.3 Å². The van der Waals surface area contributed by atoms with Gasteiger partial charge >= 0.3 is 11.7 Å². The minimum atomic E-state index is -1.25. The van der Waals surface area contributed by atoms with Crippen LogP contribution in [-0.2, 0) is 0 Å². The molecule has 0 unspecified atom stereocenters. The van der Waals surface area contributed by atoms with Crippen LogP contribution in [-0.4, -0.2) is 11.1 Å². The van der Waals surface area contributed by atoms with Crippen LogP contribution >= 0.6 is 11.6 Å². The summed E-state index contributed by atoms with van der Waals surface area (Å²) in [4.78, 5) is 10.8. The van der Waals surface area contributed by atoms with Crippen molar-refractivity contribution >= 4 is 17.6 Å². The smallest absolute Gasteiger partial charge is 0.402 e. The van der Waals surface area contributed by atoms with Crippen molar-refractivity contribution in [2.24, 2.45) is 0 Å². The number of carboxylic acids is 1. The van der Waals surface area contributed by atoms with Crippen molar-refractivity contribution in [3.05, 3.63) is 58.4 Å². The molecule has 17 heavy (non-hydrogen) atoms. The highest BCUT2D eigenvalue weighted by Gasteiger charge is 2.18. The molecule has 0 atom stereocenters. The topological polar surface area (TPSA) is 64.2 Å². The van der Waals surface area contributed by atoms with Crippen molar-refractivity contribution in [1.82, 2.24) is 0 Å². The Morgan fingerprint density at radius 2 is 1.82 bits per heavy atom. The van der Waals surface area contributed by atoms with E-state index in [0.29, 0.717) is 15.3 Å². The minimum absolute atomic E-state index is 0.279. The van der Waals surface area contributed by atoms with E-state index >= 15 is 0 Å². The summed E-state index contributed by atoms with van der Waals surface area (Å²) in [5.74, 6) is -1.25. The molecule has 0 radical (unpaired) electrons. The summed E-state index contributed by atoms with van der Waals surface area (Å²) in [6.45, 7) is 0. The number of carboxylic acid groups (broad SMARTS) is 1. The van der Waals surface area contributed by atoms with Crippen LogP contribution in [0.5, 0.6) is 0 Å². The van der Waals surface area contributed by atoms with E-state index < -0.39 is 5.97 Å². The Kier molecular flexibility index (Phi) is 2.97. The van der Waals surface area contributed by atoms with Crippen LogP contribution in [0.4, 0.5) is 0 Å². The zero-order chi connectivity index (χ0) is 12.4. The van der Waals surface area contributed by atoms with Crippen LogP contribution in [0.15, 0.2) is 42.5 Å². The van der Waals surface area contributed by atoms with Gasteiger partial charge in [0.1, 0.15) is 0 Å². The Hall–Kier alpha value is -2.07. The molecule has 1 aromatic heterocycles. The van der Waals surface area contributed by atoms with Crippen molar-refractivity contribution in [2.45, 2.75) is 0 Å². The summed E-state index contributed by atoms with van der Waals surface area (Å²) in [6, 6.07) is 11.0. The lowest BCUT2D eigenvalue weighted by Gasteiger charge is -2.06. The molecule has 4 nitrogen and oxygen atoms in total. The molecule has 86 valence electrons. The molecule has 1 aromatic carbocycles. The normalized spacial score (nSPS) is 10.2. The van der Waals surface area contributed by atoms with Gasteiger partial charge in [0, 0.05) is 22.7 Å². The van der Waals surface area contributed by atoms with Gasteiger partial charge in [-0.3, -0.25) is 0 Å². The molecule has 0 bridgehead atoms. The average molecular weight is 250 g/mol. The van der Waals surface area contributed by atoms with Crippen LogP contribution in [0.3, 0.4) is 0 Å². The third-order valence-corrected chi connectivity index (χ3v) is 2.56. The standard InChI is InChI=1S/C12H8ClNO3/c13-9-6-4-8(5-7-9)10-2-1-3-11(12(15)16)14(10)17/h1-7H,(H,15,16). The Morgan fingerprint density at radius 1 is 1.18 bits per heavy atom. The Labute approximate surface area is 102 Å². The number of benzene rings is 1. The second kappa shape index (κ2) is 4.43. The first-order valence-corrected chi connectivity index (χ1v) is 5.19. The summed E-state index contributed by atoms with van der Waals surface area (Å²) in [5.41, 5.74) is 0.589. The lowest BCUT2D eigenvalue weighted by molar-refractivity contribution is -0.596. The highest BCUT2D eigenvalue weighted by molar-refractivity contribution is 6.30. The van der Waals surface area contributed by atoms with E-state index in [2.05, 4.69) is 0 Å². The van der Waals surface area contributed by atoms with Gasteiger partial charge in [0.15, 0.2) is 0 Å². The molecule has 2 aromatic rings. The van der Waals surface area contributed by atoms with Gasteiger partial charge in [-0.2, -0.15) is 4.73 Å². The summed E-state index contributed by atoms with van der Waals surface area (Å²) in [5, 5.41) is 21.2. The third-order valence-electron chi connectivity index (χ3n) is 2.30. The number of rotatable bonds is 2. The van der Waals surface area contributed by atoms with Crippen LogP contribution in [0.2, 0.25) is 5.02 Å². The molecule has 5 heteroatoms. The van der Waals surface area contributed by atoms with Crippen molar-refractivity contribution in [3.8, 4) is 11.3 Å². The number of aromatic carboxylic acids is 1. The quantitative estimate of drug-likeness (QED) is 0.656. The highest BCUT2D eigenvalue weighted by atomic mass is 35.5. The molecule has 2 rings (SSSR count). The number of pyridine rings is 1. The zero-order valence-corrected chi connectivity index (χ0v) is 9.39. The second-order valence-electron chi connectivity index (χ2n) is 3.40. The summed E-state index contributed by atoms with van der Waals surface area (Å²) < 4.78 is 0.394. The Balaban J connectivity index is 2.56. The van der Waals surface area contributed by atoms with Gasteiger partial charge in [-0.1, -0.05) is 11.6 Å². The van der Waals surface area contributed by atoms with E-state index in [9.17, 15) is 10.0 Å². The lowest BCUT2D eigenvalue weighted by Crippen LogP contribution is -2.36. The van der Waals surface area contributed by atoms with Gasteiger partial charge in [0.2, 0.25) is 5.69 Å². The second-order valence-corrected chi connectivity index (χ2v) is 3.84. The lowest BCUT2D eigenvalue weighted by atomic mass is 10.1. The van der Waals surface area contributed by atoms with Crippen LogP contribution in [0.1, 0.15) is 10.5 Å². The molecule has 0 amide bonds. The number of hydrogen-bond acceptors (Lipinski definition) is 2. The molecular weight excluding hydrogens is 242 g/mol. The van der Waals surface area contributed by atoms with E-state index in [1.54, 1.807) is 30.3 Å². The molecule has 1 N–H and O–H groups in total. The fourth-order valence-corrected chi connectivity index (χ4v) is 1.61. The van der Waals surface area contributed by atoms with Gasteiger partial charge in [0.05, 0.1) is 0 Å². The minimum Gasteiger partial charge on any atom is -0.618 e. The molecule has 0 saturated carbocycles. The predicted octanol–water partition coefficient (Wildman–Crippen LogP) is 2.34. The Morgan fingerprint density at radius 3 is 2.41 bits per heavy atom. The van der Waals surface area contributed by atoms with Crippen molar-refractivity contribution in [2.75, 3.05) is 0 Å². The first-order chi connectivity index (χ1) is 8.09. The first kappa shape index (κ1) is 11.4. The van der Waals surface area contributed by atoms with Gasteiger partial charge in [-0.25, -0.2) is 4.79 Å². The van der Waals surface area contributed by atoms with E-state index in [0.717, 1.165) is 0 Å². The van der Waals surface area contributed by atoms with Crippen molar-refractivity contribution in [3.63, 3.8) is 0 Å². The first-order valence-electron chi connectivity index (χ1n) is 4.81. The SMILES string of the molecule is O=C(O)c1cccc(-c2ccc(Cl)cc2)[n+]1[O-]. The monoisotopic (exact) mass is 249 g/mol. The molecule has 1 heterocycles. The van der Waals surface area contributed by atoms with E-state index in [4.69, 9.17) is 16.7 Å². The maximum absolute atomic E-state index is 11.8. The predicted molar refractivity (Wildman–Crippen MR) is 62.8 cm³/mol. The van der Waals surface area contributed by atoms with Crippen LogP contribution < -0.4 is 4.73 Å². The number of aromatic nitrogens is 1. The average Bonchev–Trinajstić information content (AvgIpc) is 2.30. The number of carbonyl (C=O) groups is 1. The zero-order valence-electron chi connectivity index (χ0n) is 8.63. The largest absolute Gasteiger partial charge is 0.618 e. The van der Waals surface area contributed by atoms with E-state index in [-0.39, 0.29) is 11.4 Å². The molecule has 0 aliphatic heterocycles. The highest BCUT2D eigenvalue weighted by Crippen LogP contribution is 2.18. The molecular formula is C12H8ClNO3. The number of halogens is 1. The summed E-state index contributed by atoms with van der Waals surface area (Å²) >= 11 is 5.74. The number of nitrogens with zero attached hydrogens (tertiary/aromatic N) is 1. The molecule has 0 aliphatic rings. The summed E-state index contributed by atoms with van der Waals surface area (Å²) in [7, 11) is 0. The number of hydrogen-bond donors (Lipinski definition) is 1. The van der Waals surface area contributed by atoms with Crippen molar-refractivity contribution < 1.29 is 14.6 Å². The molecule has 0 fully saturated rings. The van der Waals surface area contributed by atoms with Gasteiger partial charge in [-0.15, -0.1) is 0 Å². The fraction of sp³-hybridized carbons (Fsp3) is 0. The molecule has 0 saturated heterocycles. The van der Waals surface area contributed by atoms with Gasteiger partial charge in [0.25, 0.3) is 0 Å². The maximum Gasteiger partial charge on any atom is 0.402 e.